The highest BCUT2D eigenvalue weighted by atomic mass is 32.1. The van der Waals surface area contributed by atoms with E-state index in [0.29, 0.717) is 4.88 Å². The molecular formula is C12H13F3N2O4S. The van der Waals surface area contributed by atoms with Crippen LogP contribution in [0.25, 0.3) is 0 Å². The number of piperidine rings is 1. The van der Waals surface area contributed by atoms with E-state index < -0.39 is 35.4 Å². The number of carbonyl (C=O) groups excluding carboxylic acids is 1. The van der Waals surface area contributed by atoms with Crippen molar-refractivity contribution in [3.63, 3.8) is 0 Å². The van der Waals surface area contributed by atoms with Gasteiger partial charge in [-0.25, -0.2) is 0 Å². The van der Waals surface area contributed by atoms with Crippen LogP contribution in [0.4, 0.5) is 18.9 Å². The van der Waals surface area contributed by atoms with Gasteiger partial charge in [0.25, 0.3) is 11.6 Å². The summed E-state index contributed by atoms with van der Waals surface area (Å²) < 4.78 is 38.1. The fourth-order valence-electron chi connectivity index (χ4n) is 2.28. The summed E-state index contributed by atoms with van der Waals surface area (Å²) in [4.78, 5) is 24.0. The number of thiophene rings is 1. The van der Waals surface area contributed by atoms with Crippen LogP contribution < -0.4 is 0 Å². The number of rotatable bonds is 2. The second-order valence-corrected chi connectivity index (χ2v) is 6.39. The van der Waals surface area contributed by atoms with Gasteiger partial charge in [-0.1, -0.05) is 0 Å². The molecule has 0 radical (unpaired) electrons. The molecule has 22 heavy (non-hydrogen) atoms. The average Bonchev–Trinajstić information content (AvgIpc) is 2.80. The number of halogens is 3. The highest BCUT2D eigenvalue weighted by Crippen LogP contribution is 2.39. The molecular weight excluding hydrogens is 325 g/mol. The van der Waals surface area contributed by atoms with Crippen molar-refractivity contribution in [2.24, 2.45) is 0 Å². The molecule has 0 bridgehead atoms. The number of aryl methyl sites for hydroxylation is 1. The Kier molecular flexibility index (Phi) is 4.18. The van der Waals surface area contributed by atoms with E-state index in [1.165, 1.54) is 11.8 Å². The standard InChI is InChI=1S/C12H13F3N2O4S/c1-7-8(17(20)21)6-9(22-7)10(18)16-4-2-11(19,3-5-16)12(13,14)15/h6,19H,2-5H2,1H3. The minimum atomic E-state index is -4.74. The Balaban J connectivity index is 2.10. The lowest BCUT2D eigenvalue weighted by atomic mass is 9.91. The molecule has 0 atom stereocenters. The second kappa shape index (κ2) is 5.51. The normalized spacial score (nSPS) is 18.3. The predicted molar refractivity (Wildman–Crippen MR) is 71.9 cm³/mol. The van der Waals surface area contributed by atoms with E-state index in [1.54, 1.807) is 0 Å². The summed E-state index contributed by atoms with van der Waals surface area (Å²) in [5.74, 6) is -0.551. The van der Waals surface area contributed by atoms with Gasteiger partial charge in [-0.2, -0.15) is 13.2 Å². The molecule has 1 N–H and O–H groups in total. The van der Waals surface area contributed by atoms with Crippen LogP contribution in [0.2, 0.25) is 0 Å². The second-order valence-electron chi connectivity index (χ2n) is 5.13. The van der Waals surface area contributed by atoms with Crippen LogP contribution in [0.5, 0.6) is 0 Å². The molecule has 0 unspecified atom stereocenters. The van der Waals surface area contributed by atoms with Gasteiger partial charge >= 0.3 is 6.18 Å². The summed E-state index contributed by atoms with van der Waals surface area (Å²) in [6.45, 7) is 0.997. The number of aliphatic hydroxyl groups is 1. The van der Waals surface area contributed by atoms with E-state index in [2.05, 4.69) is 0 Å². The Morgan fingerprint density at radius 3 is 2.41 bits per heavy atom. The van der Waals surface area contributed by atoms with Crippen molar-refractivity contribution >= 4 is 22.9 Å². The van der Waals surface area contributed by atoms with Crippen molar-refractivity contribution in [3.05, 3.63) is 25.9 Å². The number of carbonyl (C=O) groups is 1. The lowest BCUT2D eigenvalue weighted by Crippen LogP contribution is -2.54. The van der Waals surface area contributed by atoms with Gasteiger partial charge in [0.15, 0.2) is 5.60 Å². The van der Waals surface area contributed by atoms with E-state index in [1.807, 2.05) is 0 Å². The monoisotopic (exact) mass is 338 g/mol. The quantitative estimate of drug-likeness (QED) is 0.663. The average molecular weight is 338 g/mol. The van der Waals surface area contributed by atoms with Gasteiger partial charge in [-0.15, -0.1) is 11.3 Å². The number of alkyl halides is 3. The topological polar surface area (TPSA) is 83.7 Å². The van der Waals surface area contributed by atoms with Crippen molar-refractivity contribution < 1.29 is 28.0 Å². The first-order valence-corrected chi connectivity index (χ1v) is 7.20. The molecule has 6 nitrogen and oxygen atoms in total. The molecule has 1 aromatic heterocycles. The summed E-state index contributed by atoms with van der Waals surface area (Å²) in [6.07, 6.45) is -5.94. The van der Waals surface area contributed by atoms with Crippen molar-refractivity contribution in [1.82, 2.24) is 4.90 Å². The molecule has 1 fully saturated rings. The van der Waals surface area contributed by atoms with Crippen molar-refractivity contribution in [3.8, 4) is 0 Å². The largest absolute Gasteiger partial charge is 0.417 e. The maximum atomic E-state index is 12.7. The molecule has 1 aliphatic heterocycles. The molecule has 122 valence electrons. The molecule has 2 heterocycles. The molecule has 0 saturated carbocycles. The molecule has 1 aromatic rings. The van der Waals surface area contributed by atoms with Crippen LogP contribution in [-0.2, 0) is 0 Å². The van der Waals surface area contributed by atoms with Gasteiger partial charge in [0, 0.05) is 32.0 Å². The number of amides is 1. The Morgan fingerprint density at radius 1 is 1.45 bits per heavy atom. The zero-order chi connectivity index (χ0) is 16.7. The van der Waals surface area contributed by atoms with Crippen LogP contribution in [0.1, 0.15) is 27.4 Å². The molecule has 1 saturated heterocycles. The summed E-state index contributed by atoms with van der Waals surface area (Å²) in [6, 6.07) is 1.13. The Bertz CT molecular complexity index is 606. The highest BCUT2D eigenvalue weighted by molar-refractivity contribution is 7.14. The maximum Gasteiger partial charge on any atom is 0.417 e. The van der Waals surface area contributed by atoms with Crippen LogP contribution in [0.15, 0.2) is 6.07 Å². The Morgan fingerprint density at radius 2 is 2.00 bits per heavy atom. The van der Waals surface area contributed by atoms with Crippen LogP contribution in [0.3, 0.4) is 0 Å². The van der Waals surface area contributed by atoms with Gasteiger partial charge in [-0.3, -0.25) is 14.9 Å². The van der Waals surface area contributed by atoms with Gasteiger partial charge in [0.05, 0.1) is 14.7 Å². The van der Waals surface area contributed by atoms with Crippen molar-refractivity contribution in [1.29, 1.82) is 0 Å². The number of hydrogen-bond acceptors (Lipinski definition) is 5. The van der Waals surface area contributed by atoms with Gasteiger partial charge in [-0.05, 0) is 6.92 Å². The van der Waals surface area contributed by atoms with E-state index in [4.69, 9.17) is 0 Å². The SMILES string of the molecule is Cc1sc(C(=O)N2CCC(O)(C(F)(F)F)CC2)cc1[N+](=O)[O-]. The predicted octanol–water partition coefficient (Wildman–Crippen LogP) is 2.49. The fourth-order valence-corrected chi connectivity index (χ4v) is 3.23. The molecule has 0 aromatic carbocycles. The third kappa shape index (κ3) is 2.93. The fraction of sp³-hybridized carbons (Fsp3) is 0.583. The van der Waals surface area contributed by atoms with Gasteiger partial charge < -0.3 is 10.0 Å². The third-order valence-electron chi connectivity index (χ3n) is 3.70. The number of nitro groups is 1. The van der Waals surface area contributed by atoms with Crippen LogP contribution in [0, 0.1) is 17.0 Å². The number of likely N-dealkylation sites (tertiary alicyclic amines) is 1. The molecule has 1 amide bonds. The first-order chi connectivity index (χ1) is 10.0. The zero-order valence-electron chi connectivity index (χ0n) is 11.5. The molecule has 0 aliphatic carbocycles. The minimum absolute atomic E-state index is 0.113. The molecule has 2 rings (SSSR count). The molecule has 1 aliphatic rings. The smallest absolute Gasteiger partial charge is 0.380 e. The molecule has 10 heteroatoms. The summed E-state index contributed by atoms with van der Waals surface area (Å²) in [5.41, 5.74) is -2.96. The first kappa shape index (κ1) is 16.7. The van der Waals surface area contributed by atoms with E-state index in [0.717, 1.165) is 17.4 Å². The maximum absolute atomic E-state index is 12.7. The summed E-state index contributed by atoms with van der Waals surface area (Å²) >= 11 is 0.932. The van der Waals surface area contributed by atoms with Crippen LogP contribution >= 0.6 is 11.3 Å². The van der Waals surface area contributed by atoms with Gasteiger partial charge in [0.1, 0.15) is 0 Å². The summed E-state index contributed by atoms with van der Waals surface area (Å²) in [5, 5.41) is 20.3. The Hall–Kier alpha value is -1.68. The number of nitrogens with zero attached hydrogens (tertiary/aromatic N) is 2. The minimum Gasteiger partial charge on any atom is -0.380 e. The molecule has 0 spiro atoms. The summed E-state index contributed by atoms with van der Waals surface area (Å²) in [7, 11) is 0. The zero-order valence-corrected chi connectivity index (χ0v) is 12.3. The van der Waals surface area contributed by atoms with E-state index in [-0.39, 0.29) is 23.7 Å². The highest BCUT2D eigenvalue weighted by Gasteiger charge is 2.55. The number of hydrogen-bond donors (Lipinski definition) is 1. The lowest BCUT2D eigenvalue weighted by molar-refractivity contribution is -0.385. The third-order valence-corrected chi connectivity index (χ3v) is 4.73. The van der Waals surface area contributed by atoms with Crippen molar-refractivity contribution in [2.75, 3.05) is 13.1 Å². The van der Waals surface area contributed by atoms with E-state index in [9.17, 15) is 33.2 Å². The van der Waals surface area contributed by atoms with Crippen molar-refractivity contribution in [2.45, 2.75) is 31.5 Å². The van der Waals surface area contributed by atoms with Crippen LogP contribution in [-0.4, -0.2) is 45.7 Å². The lowest BCUT2D eigenvalue weighted by Gasteiger charge is -2.38. The Labute approximate surface area is 127 Å². The first-order valence-electron chi connectivity index (χ1n) is 6.38. The van der Waals surface area contributed by atoms with E-state index >= 15 is 0 Å². The van der Waals surface area contributed by atoms with Gasteiger partial charge in [0.2, 0.25) is 0 Å².